The van der Waals surface area contributed by atoms with Gasteiger partial charge in [0, 0.05) is 0 Å². The van der Waals surface area contributed by atoms with Gasteiger partial charge < -0.3 is 5.73 Å². The van der Waals surface area contributed by atoms with E-state index in [0.717, 1.165) is 6.42 Å². The normalized spacial score (nSPS) is 11.5. The number of unbranched alkanes of at least 4 members (excludes halogenated alkanes) is 1. The molecule has 2 N–H and O–H groups in total. The summed E-state index contributed by atoms with van der Waals surface area (Å²) in [4.78, 5) is 0.0427. The Morgan fingerprint density at radius 1 is 1.33 bits per heavy atom. The third kappa shape index (κ3) is 3.21. The Kier molecular flexibility index (Phi) is 4.11. The van der Waals surface area contributed by atoms with Gasteiger partial charge in [0.05, 0.1) is 12.3 Å². The van der Waals surface area contributed by atoms with Crippen LogP contribution in [0.4, 0.5) is 5.69 Å². The van der Waals surface area contributed by atoms with E-state index >= 15 is 0 Å². The minimum absolute atomic E-state index is 0.0427. The van der Waals surface area contributed by atoms with E-state index in [-0.39, 0.29) is 17.2 Å². The van der Waals surface area contributed by atoms with Gasteiger partial charge >= 0.3 is 0 Å². The van der Waals surface area contributed by atoms with Crippen LogP contribution in [-0.4, -0.2) is 15.0 Å². The smallest absolute Gasteiger partial charge is 0.299 e. The minimum Gasteiger partial charge on any atom is -0.398 e. The lowest BCUT2D eigenvalue weighted by Crippen LogP contribution is -2.09. The summed E-state index contributed by atoms with van der Waals surface area (Å²) in [6, 6.07) is 6.28. The number of anilines is 1. The first-order valence-corrected chi connectivity index (χ1v) is 6.22. The van der Waals surface area contributed by atoms with Crippen LogP contribution < -0.4 is 5.73 Å². The van der Waals surface area contributed by atoms with Crippen LogP contribution in [0.15, 0.2) is 29.2 Å². The lowest BCUT2D eigenvalue weighted by molar-refractivity contribution is 0.311. The van der Waals surface area contributed by atoms with Crippen LogP contribution in [0.25, 0.3) is 0 Å². The zero-order valence-electron chi connectivity index (χ0n) is 8.64. The maximum Gasteiger partial charge on any atom is 0.299 e. The fourth-order valence-electron chi connectivity index (χ4n) is 1.08. The van der Waals surface area contributed by atoms with Crippen LogP contribution in [-0.2, 0) is 14.3 Å². The predicted octanol–water partition coefficient (Wildman–Crippen LogP) is 1.77. The van der Waals surface area contributed by atoms with Gasteiger partial charge in [0.25, 0.3) is 10.1 Å². The second-order valence-corrected chi connectivity index (χ2v) is 4.75. The molecule has 1 aromatic rings. The highest BCUT2D eigenvalue weighted by molar-refractivity contribution is 7.87. The molecule has 0 saturated carbocycles. The molecule has 4 nitrogen and oxygen atoms in total. The van der Waals surface area contributed by atoms with Gasteiger partial charge in [-0.2, -0.15) is 8.42 Å². The van der Waals surface area contributed by atoms with Crippen molar-refractivity contribution in [1.82, 2.24) is 0 Å². The van der Waals surface area contributed by atoms with E-state index < -0.39 is 10.1 Å². The molecule has 0 aliphatic carbocycles. The SMILES string of the molecule is CCCCOS(=O)(=O)c1ccccc1N. The van der Waals surface area contributed by atoms with Crippen molar-refractivity contribution in [2.24, 2.45) is 0 Å². The van der Waals surface area contributed by atoms with Crippen molar-refractivity contribution in [3.05, 3.63) is 24.3 Å². The second kappa shape index (κ2) is 5.14. The first-order chi connectivity index (χ1) is 7.08. The van der Waals surface area contributed by atoms with Crippen LogP contribution in [0.1, 0.15) is 19.8 Å². The predicted molar refractivity (Wildman–Crippen MR) is 58.9 cm³/mol. The summed E-state index contributed by atoms with van der Waals surface area (Å²) in [5.41, 5.74) is 5.77. The molecule has 0 aliphatic heterocycles. The van der Waals surface area contributed by atoms with E-state index in [1.54, 1.807) is 12.1 Å². The molecule has 0 unspecified atom stereocenters. The van der Waals surface area contributed by atoms with E-state index in [2.05, 4.69) is 0 Å². The average Bonchev–Trinajstić information content (AvgIpc) is 2.18. The highest BCUT2D eigenvalue weighted by Gasteiger charge is 2.17. The Balaban J connectivity index is 2.83. The van der Waals surface area contributed by atoms with Crippen molar-refractivity contribution in [3.63, 3.8) is 0 Å². The molecule has 0 amide bonds. The summed E-state index contributed by atoms with van der Waals surface area (Å²) < 4.78 is 28.1. The molecule has 0 radical (unpaired) electrons. The van der Waals surface area contributed by atoms with Crippen molar-refractivity contribution in [2.45, 2.75) is 24.7 Å². The third-order valence-electron chi connectivity index (χ3n) is 1.92. The second-order valence-electron chi connectivity index (χ2n) is 3.17. The lowest BCUT2D eigenvalue weighted by atomic mass is 10.3. The monoisotopic (exact) mass is 229 g/mol. The van der Waals surface area contributed by atoms with Gasteiger partial charge in [-0.25, -0.2) is 0 Å². The number of hydrogen-bond donors (Lipinski definition) is 1. The minimum atomic E-state index is -3.69. The van der Waals surface area contributed by atoms with Crippen molar-refractivity contribution in [3.8, 4) is 0 Å². The Morgan fingerprint density at radius 3 is 2.60 bits per heavy atom. The van der Waals surface area contributed by atoms with Gasteiger partial charge in [-0.15, -0.1) is 0 Å². The van der Waals surface area contributed by atoms with Gasteiger partial charge in [0.1, 0.15) is 4.90 Å². The van der Waals surface area contributed by atoms with Gasteiger partial charge in [-0.1, -0.05) is 25.5 Å². The Labute approximate surface area is 90.2 Å². The Hall–Kier alpha value is -1.07. The molecule has 1 rings (SSSR count). The molecule has 84 valence electrons. The first-order valence-electron chi connectivity index (χ1n) is 4.82. The van der Waals surface area contributed by atoms with Crippen LogP contribution in [0.5, 0.6) is 0 Å². The summed E-state index contributed by atoms with van der Waals surface area (Å²) in [6.07, 6.45) is 1.60. The van der Waals surface area contributed by atoms with Gasteiger partial charge in [0.15, 0.2) is 0 Å². The molecule has 0 aromatic heterocycles. The molecule has 0 bridgehead atoms. The molecule has 15 heavy (non-hydrogen) atoms. The molecule has 1 aromatic carbocycles. The summed E-state index contributed by atoms with van der Waals surface area (Å²) in [5.74, 6) is 0. The van der Waals surface area contributed by atoms with Crippen molar-refractivity contribution >= 4 is 15.8 Å². The quantitative estimate of drug-likeness (QED) is 0.474. The maximum absolute atomic E-state index is 11.6. The number of para-hydroxylation sites is 1. The number of benzene rings is 1. The van der Waals surface area contributed by atoms with Gasteiger partial charge in [-0.3, -0.25) is 4.18 Å². The molecule has 0 aliphatic rings. The largest absolute Gasteiger partial charge is 0.398 e. The summed E-state index contributed by atoms with van der Waals surface area (Å²) >= 11 is 0. The zero-order valence-corrected chi connectivity index (χ0v) is 9.46. The Bertz CT molecular complexity index is 414. The van der Waals surface area contributed by atoms with E-state index in [1.165, 1.54) is 12.1 Å². The number of nitrogens with two attached hydrogens (primary N) is 1. The summed E-state index contributed by atoms with van der Waals surface area (Å²) in [7, 11) is -3.69. The van der Waals surface area contributed by atoms with Crippen LogP contribution >= 0.6 is 0 Å². The summed E-state index contributed by atoms with van der Waals surface area (Å²) in [5, 5.41) is 0. The topological polar surface area (TPSA) is 69.4 Å². The van der Waals surface area contributed by atoms with Crippen LogP contribution in [0.2, 0.25) is 0 Å². The molecule has 0 heterocycles. The van der Waals surface area contributed by atoms with E-state index in [9.17, 15) is 8.42 Å². The van der Waals surface area contributed by atoms with Gasteiger partial charge in [0.2, 0.25) is 0 Å². The molecule has 0 spiro atoms. The molecule has 0 saturated heterocycles. The molecular formula is C10H15NO3S. The van der Waals surface area contributed by atoms with Crippen molar-refractivity contribution in [1.29, 1.82) is 0 Å². The molecule has 5 heteroatoms. The molecular weight excluding hydrogens is 214 g/mol. The molecule has 0 atom stereocenters. The van der Waals surface area contributed by atoms with E-state index in [1.807, 2.05) is 6.92 Å². The van der Waals surface area contributed by atoms with E-state index in [0.29, 0.717) is 6.42 Å². The fourth-order valence-corrected chi connectivity index (χ4v) is 2.15. The lowest BCUT2D eigenvalue weighted by Gasteiger charge is -2.06. The number of nitrogen functional groups attached to an aromatic ring is 1. The number of rotatable bonds is 5. The zero-order chi connectivity index (χ0) is 11.3. The van der Waals surface area contributed by atoms with Crippen LogP contribution in [0, 0.1) is 0 Å². The number of hydrogen-bond acceptors (Lipinski definition) is 4. The third-order valence-corrected chi connectivity index (χ3v) is 3.31. The average molecular weight is 229 g/mol. The Morgan fingerprint density at radius 2 is 2.00 bits per heavy atom. The maximum atomic E-state index is 11.6. The van der Waals surface area contributed by atoms with Gasteiger partial charge in [-0.05, 0) is 18.6 Å². The first kappa shape index (κ1) is 12.0. The van der Waals surface area contributed by atoms with Crippen LogP contribution in [0.3, 0.4) is 0 Å². The van der Waals surface area contributed by atoms with Crippen molar-refractivity contribution < 1.29 is 12.6 Å². The fraction of sp³-hybridized carbons (Fsp3) is 0.400. The highest BCUT2D eigenvalue weighted by atomic mass is 32.2. The highest BCUT2D eigenvalue weighted by Crippen LogP contribution is 2.19. The summed E-state index contributed by atoms with van der Waals surface area (Å²) in [6.45, 7) is 2.17. The van der Waals surface area contributed by atoms with E-state index in [4.69, 9.17) is 9.92 Å². The van der Waals surface area contributed by atoms with Crippen molar-refractivity contribution in [2.75, 3.05) is 12.3 Å². The molecule has 0 fully saturated rings. The standard InChI is InChI=1S/C10H15NO3S/c1-2-3-8-14-15(12,13)10-7-5-4-6-9(10)11/h4-7H,2-3,8,11H2,1H3.